The molecular weight excluding hydrogens is 439 g/mol. The Morgan fingerprint density at radius 2 is 2.04 bits per heavy atom. The van der Waals surface area contributed by atoms with E-state index in [9.17, 15) is 8.78 Å². The molecule has 0 saturated heterocycles. The van der Waals surface area contributed by atoms with Crippen LogP contribution in [0.3, 0.4) is 0 Å². The van der Waals surface area contributed by atoms with Gasteiger partial charge in [-0.05, 0) is 36.6 Å². The Morgan fingerprint density at radius 3 is 2.64 bits per heavy atom. The molecule has 1 aliphatic carbocycles. The molecule has 7 heteroatoms. The first-order valence-corrected chi connectivity index (χ1v) is 8.05. The van der Waals surface area contributed by atoms with Gasteiger partial charge in [0.25, 0.3) is 0 Å². The molecule has 25 heavy (non-hydrogen) atoms. The lowest BCUT2D eigenvalue weighted by molar-refractivity contribution is 0.506. The average molecular weight is 461 g/mol. The first kappa shape index (κ1) is 19.7. The predicted molar refractivity (Wildman–Crippen MR) is 104 cm³/mol. The van der Waals surface area contributed by atoms with Crippen LogP contribution in [0.1, 0.15) is 24.2 Å². The molecule has 1 aromatic carbocycles. The van der Waals surface area contributed by atoms with Crippen molar-refractivity contribution in [3.05, 3.63) is 59.6 Å². The predicted octanol–water partition coefficient (Wildman–Crippen LogP) is 3.62. The number of nitrogens with one attached hydrogen (secondary N) is 2. The molecule has 2 N–H and O–H groups in total. The minimum absolute atomic E-state index is 0. The SMILES string of the molecule is CN=C(NCCc1ccco1)NCC1(c2ccc(F)cc2F)CC1.I. The normalized spacial score (nSPS) is 15.4. The lowest BCUT2D eigenvalue weighted by Crippen LogP contribution is -2.42. The van der Waals surface area contributed by atoms with Crippen molar-refractivity contribution in [1.82, 2.24) is 10.6 Å². The number of guanidine groups is 1. The summed E-state index contributed by atoms with van der Waals surface area (Å²) in [6.07, 6.45) is 4.17. The van der Waals surface area contributed by atoms with Crippen LogP contribution in [0.5, 0.6) is 0 Å². The fourth-order valence-electron chi connectivity index (χ4n) is 2.84. The van der Waals surface area contributed by atoms with Gasteiger partial charge in [-0.3, -0.25) is 4.99 Å². The van der Waals surface area contributed by atoms with Gasteiger partial charge in [0.2, 0.25) is 0 Å². The molecule has 0 spiro atoms. The zero-order chi connectivity index (χ0) is 17.0. The largest absolute Gasteiger partial charge is 0.469 e. The summed E-state index contributed by atoms with van der Waals surface area (Å²) in [4.78, 5) is 4.18. The highest BCUT2D eigenvalue weighted by molar-refractivity contribution is 14.0. The van der Waals surface area contributed by atoms with E-state index in [0.29, 0.717) is 24.6 Å². The molecule has 0 unspecified atom stereocenters. The quantitative estimate of drug-likeness (QED) is 0.393. The van der Waals surface area contributed by atoms with E-state index < -0.39 is 11.6 Å². The number of halogens is 3. The van der Waals surface area contributed by atoms with Crippen molar-refractivity contribution in [3.8, 4) is 0 Å². The van der Waals surface area contributed by atoms with Crippen LogP contribution in [0.25, 0.3) is 0 Å². The lowest BCUT2D eigenvalue weighted by atomic mass is 9.95. The minimum atomic E-state index is -0.546. The summed E-state index contributed by atoms with van der Waals surface area (Å²) in [5.74, 6) is 0.547. The molecule has 2 aromatic rings. The van der Waals surface area contributed by atoms with Gasteiger partial charge in [-0.2, -0.15) is 0 Å². The fourth-order valence-corrected chi connectivity index (χ4v) is 2.84. The average Bonchev–Trinajstić information content (AvgIpc) is 3.16. The van der Waals surface area contributed by atoms with Gasteiger partial charge in [0.05, 0.1) is 6.26 Å². The van der Waals surface area contributed by atoms with Gasteiger partial charge in [-0.1, -0.05) is 6.07 Å². The van der Waals surface area contributed by atoms with Gasteiger partial charge in [0, 0.05) is 38.0 Å². The standard InChI is InChI=1S/C18H21F2N3O.HI/c1-21-17(22-9-6-14-3-2-10-24-14)23-12-18(7-8-18)15-5-4-13(19)11-16(15)20;/h2-5,10-11H,6-9,12H2,1H3,(H2,21,22,23);1H. The second kappa shape index (κ2) is 8.64. The Kier molecular flexibility index (Phi) is 6.80. The third kappa shape index (κ3) is 4.93. The Balaban J connectivity index is 0.00000225. The number of benzene rings is 1. The summed E-state index contributed by atoms with van der Waals surface area (Å²) in [5, 5.41) is 6.45. The summed E-state index contributed by atoms with van der Waals surface area (Å²) < 4.78 is 32.4. The number of furan rings is 1. The number of rotatable bonds is 6. The van der Waals surface area contributed by atoms with E-state index in [-0.39, 0.29) is 29.4 Å². The summed E-state index contributed by atoms with van der Waals surface area (Å²) in [6, 6.07) is 7.60. The smallest absolute Gasteiger partial charge is 0.191 e. The first-order valence-electron chi connectivity index (χ1n) is 8.05. The van der Waals surface area contributed by atoms with Crippen LogP contribution in [-0.4, -0.2) is 26.1 Å². The zero-order valence-corrected chi connectivity index (χ0v) is 16.3. The van der Waals surface area contributed by atoms with Gasteiger partial charge < -0.3 is 15.1 Å². The Morgan fingerprint density at radius 1 is 1.24 bits per heavy atom. The molecule has 136 valence electrons. The monoisotopic (exact) mass is 461 g/mol. The van der Waals surface area contributed by atoms with Gasteiger partial charge in [0.15, 0.2) is 5.96 Å². The van der Waals surface area contributed by atoms with Crippen LogP contribution < -0.4 is 10.6 Å². The molecule has 1 aliphatic rings. The summed E-state index contributed by atoms with van der Waals surface area (Å²) in [5.41, 5.74) is 0.304. The Bertz CT molecular complexity index is 715. The van der Waals surface area contributed by atoms with Gasteiger partial charge in [-0.15, -0.1) is 24.0 Å². The molecular formula is C18H22F2IN3O. The van der Waals surface area contributed by atoms with Gasteiger partial charge >= 0.3 is 0 Å². The molecule has 1 aromatic heterocycles. The van der Waals surface area contributed by atoms with Crippen molar-refractivity contribution in [2.24, 2.45) is 4.99 Å². The molecule has 0 bridgehead atoms. The molecule has 4 nitrogen and oxygen atoms in total. The topological polar surface area (TPSA) is 49.6 Å². The molecule has 0 aliphatic heterocycles. The Hall–Kier alpha value is -1.64. The lowest BCUT2D eigenvalue weighted by Gasteiger charge is -2.19. The van der Waals surface area contributed by atoms with E-state index in [4.69, 9.17) is 4.42 Å². The minimum Gasteiger partial charge on any atom is -0.469 e. The second-order valence-electron chi connectivity index (χ2n) is 6.09. The maximum Gasteiger partial charge on any atom is 0.191 e. The summed E-state index contributed by atoms with van der Waals surface area (Å²) in [7, 11) is 1.69. The zero-order valence-electron chi connectivity index (χ0n) is 14.0. The fraction of sp³-hybridized carbons (Fsp3) is 0.389. The highest BCUT2D eigenvalue weighted by atomic mass is 127. The van der Waals surface area contributed by atoms with Gasteiger partial charge in [0.1, 0.15) is 17.4 Å². The molecule has 1 fully saturated rings. The molecule has 0 atom stereocenters. The van der Waals surface area contributed by atoms with Crippen molar-refractivity contribution in [2.45, 2.75) is 24.7 Å². The third-order valence-electron chi connectivity index (χ3n) is 4.42. The van der Waals surface area contributed by atoms with E-state index in [0.717, 1.165) is 31.1 Å². The maximum atomic E-state index is 14.0. The molecule has 0 amide bonds. The van der Waals surface area contributed by atoms with Crippen LogP contribution in [0, 0.1) is 11.6 Å². The highest BCUT2D eigenvalue weighted by Crippen LogP contribution is 2.48. The highest BCUT2D eigenvalue weighted by Gasteiger charge is 2.46. The van der Waals surface area contributed by atoms with E-state index in [2.05, 4.69) is 15.6 Å². The van der Waals surface area contributed by atoms with E-state index >= 15 is 0 Å². The van der Waals surface area contributed by atoms with Gasteiger partial charge in [-0.25, -0.2) is 8.78 Å². The van der Waals surface area contributed by atoms with Crippen molar-refractivity contribution < 1.29 is 13.2 Å². The summed E-state index contributed by atoms with van der Waals surface area (Å²) >= 11 is 0. The van der Waals surface area contributed by atoms with Crippen molar-refractivity contribution in [2.75, 3.05) is 20.1 Å². The second-order valence-corrected chi connectivity index (χ2v) is 6.09. The Labute approximate surface area is 163 Å². The maximum absolute atomic E-state index is 14.0. The van der Waals surface area contributed by atoms with Crippen molar-refractivity contribution >= 4 is 29.9 Å². The molecule has 1 heterocycles. The van der Waals surface area contributed by atoms with Crippen LogP contribution in [0.15, 0.2) is 46.0 Å². The molecule has 3 rings (SSSR count). The van der Waals surface area contributed by atoms with Crippen LogP contribution >= 0.6 is 24.0 Å². The van der Waals surface area contributed by atoms with Crippen molar-refractivity contribution in [3.63, 3.8) is 0 Å². The number of hydrogen-bond acceptors (Lipinski definition) is 2. The third-order valence-corrected chi connectivity index (χ3v) is 4.42. The van der Waals surface area contributed by atoms with Crippen LogP contribution in [-0.2, 0) is 11.8 Å². The van der Waals surface area contributed by atoms with Crippen molar-refractivity contribution in [1.29, 1.82) is 0 Å². The van der Waals surface area contributed by atoms with Crippen LogP contribution in [0.2, 0.25) is 0 Å². The molecule has 0 radical (unpaired) electrons. The van der Waals surface area contributed by atoms with E-state index in [1.165, 1.54) is 6.07 Å². The number of nitrogens with zero attached hydrogens (tertiary/aromatic N) is 1. The number of aliphatic imine (C=N–C) groups is 1. The summed E-state index contributed by atoms with van der Waals surface area (Å²) in [6.45, 7) is 1.25. The molecule has 1 saturated carbocycles. The number of hydrogen-bond donors (Lipinski definition) is 2. The van der Waals surface area contributed by atoms with Crippen LogP contribution in [0.4, 0.5) is 8.78 Å². The van der Waals surface area contributed by atoms with E-state index in [1.807, 2.05) is 12.1 Å². The first-order chi connectivity index (χ1) is 11.6. The van der Waals surface area contributed by atoms with E-state index in [1.54, 1.807) is 19.4 Å².